The van der Waals surface area contributed by atoms with Gasteiger partial charge in [0.05, 0.1) is 4.90 Å². The van der Waals surface area contributed by atoms with Gasteiger partial charge in [0.1, 0.15) is 0 Å². The highest BCUT2D eigenvalue weighted by molar-refractivity contribution is 7.89. The molecule has 2 amide bonds. The average Bonchev–Trinajstić information content (AvgIpc) is 2.70. The van der Waals surface area contributed by atoms with Crippen molar-refractivity contribution in [2.45, 2.75) is 44.6 Å². The van der Waals surface area contributed by atoms with Gasteiger partial charge in [-0.15, -0.1) is 0 Å². The maximum Gasteiger partial charge on any atom is 0.251 e. The number of piperidine rings is 1. The molecule has 0 radical (unpaired) electrons. The van der Waals surface area contributed by atoms with Gasteiger partial charge in [0.2, 0.25) is 15.9 Å². The normalized spacial score (nSPS) is 15.6. The summed E-state index contributed by atoms with van der Waals surface area (Å²) in [4.78, 5) is 23.8. The van der Waals surface area contributed by atoms with Crippen molar-refractivity contribution in [2.24, 2.45) is 0 Å². The van der Waals surface area contributed by atoms with Crippen molar-refractivity contribution in [3.63, 3.8) is 0 Å². The molecule has 1 heterocycles. The van der Waals surface area contributed by atoms with Gasteiger partial charge in [-0.2, -0.15) is 4.31 Å². The molecule has 0 bridgehead atoms. The van der Waals surface area contributed by atoms with Crippen LogP contribution in [0.3, 0.4) is 0 Å². The van der Waals surface area contributed by atoms with E-state index in [0.717, 1.165) is 11.1 Å². The Balaban J connectivity index is 1.59. The molecule has 2 N–H and O–H groups in total. The topological polar surface area (TPSA) is 95.6 Å². The fraction of sp³-hybridized carbons (Fsp3) is 0.364. The van der Waals surface area contributed by atoms with Crippen LogP contribution in [0.25, 0.3) is 0 Å². The zero-order chi connectivity index (χ0) is 21.9. The lowest BCUT2D eigenvalue weighted by Gasteiger charge is -2.31. The van der Waals surface area contributed by atoms with Gasteiger partial charge < -0.3 is 10.6 Å². The van der Waals surface area contributed by atoms with Crippen molar-refractivity contribution in [3.8, 4) is 0 Å². The minimum atomic E-state index is -3.61. The van der Waals surface area contributed by atoms with Crippen LogP contribution in [0.4, 0.5) is 5.69 Å². The largest absolute Gasteiger partial charge is 0.349 e. The van der Waals surface area contributed by atoms with E-state index in [9.17, 15) is 18.0 Å². The third-order valence-electron chi connectivity index (χ3n) is 5.37. The number of hydrogen-bond donors (Lipinski definition) is 2. The number of aryl methyl sites for hydroxylation is 2. The molecule has 2 aromatic rings. The second kappa shape index (κ2) is 8.97. The first-order chi connectivity index (χ1) is 14.2. The van der Waals surface area contributed by atoms with E-state index in [1.807, 2.05) is 32.0 Å². The van der Waals surface area contributed by atoms with Gasteiger partial charge in [-0.05, 0) is 74.2 Å². The molecule has 3 rings (SSSR count). The molecule has 7 nitrogen and oxygen atoms in total. The number of nitrogens with zero attached hydrogens (tertiary/aromatic N) is 1. The van der Waals surface area contributed by atoms with Gasteiger partial charge in [-0.3, -0.25) is 9.59 Å². The van der Waals surface area contributed by atoms with Crippen LogP contribution in [-0.2, 0) is 14.8 Å². The maximum absolute atomic E-state index is 12.9. The molecular formula is C22H27N3O4S. The summed E-state index contributed by atoms with van der Waals surface area (Å²) in [5.41, 5.74) is 3.37. The van der Waals surface area contributed by atoms with Gasteiger partial charge in [-0.25, -0.2) is 8.42 Å². The molecule has 1 fully saturated rings. The number of carbonyl (C=O) groups is 2. The Morgan fingerprint density at radius 1 is 0.967 bits per heavy atom. The summed E-state index contributed by atoms with van der Waals surface area (Å²) in [5, 5.41) is 5.64. The van der Waals surface area contributed by atoms with Crippen LogP contribution >= 0.6 is 0 Å². The monoisotopic (exact) mass is 429 g/mol. The summed E-state index contributed by atoms with van der Waals surface area (Å²) in [7, 11) is -3.61. The van der Waals surface area contributed by atoms with Gasteiger partial charge in [-0.1, -0.05) is 6.07 Å². The molecule has 0 aliphatic carbocycles. The van der Waals surface area contributed by atoms with Gasteiger partial charge >= 0.3 is 0 Å². The van der Waals surface area contributed by atoms with E-state index in [1.54, 1.807) is 12.1 Å². The fourth-order valence-corrected chi connectivity index (χ4v) is 4.92. The predicted octanol–water partition coefficient (Wildman–Crippen LogP) is 2.84. The van der Waals surface area contributed by atoms with E-state index in [0.29, 0.717) is 37.2 Å². The van der Waals surface area contributed by atoms with Crippen molar-refractivity contribution >= 4 is 27.5 Å². The summed E-state index contributed by atoms with van der Waals surface area (Å²) < 4.78 is 27.2. The molecule has 0 atom stereocenters. The summed E-state index contributed by atoms with van der Waals surface area (Å²) >= 11 is 0. The molecule has 1 aliphatic heterocycles. The first kappa shape index (κ1) is 22.0. The van der Waals surface area contributed by atoms with Crippen LogP contribution in [0.5, 0.6) is 0 Å². The van der Waals surface area contributed by atoms with Crippen molar-refractivity contribution in [1.82, 2.24) is 9.62 Å². The number of anilines is 1. The number of hydrogen-bond acceptors (Lipinski definition) is 4. The van der Waals surface area contributed by atoms with E-state index in [2.05, 4.69) is 10.6 Å². The molecule has 0 aromatic heterocycles. The van der Waals surface area contributed by atoms with Crippen LogP contribution in [0.15, 0.2) is 47.4 Å². The van der Waals surface area contributed by atoms with E-state index >= 15 is 0 Å². The minimum absolute atomic E-state index is 0.0623. The first-order valence-corrected chi connectivity index (χ1v) is 11.4. The Morgan fingerprint density at radius 2 is 1.60 bits per heavy atom. The number of benzene rings is 2. The smallest absolute Gasteiger partial charge is 0.251 e. The molecule has 160 valence electrons. The lowest BCUT2D eigenvalue weighted by Crippen LogP contribution is -2.46. The Morgan fingerprint density at radius 3 is 2.17 bits per heavy atom. The Hall–Kier alpha value is -2.71. The van der Waals surface area contributed by atoms with Crippen LogP contribution in [-0.4, -0.2) is 43.7 Å². The molecule has 2 aromatic carbocycles. The van der Waals surface area contributed by atoms with E-state index < -0.39 is 10.0 Å². The fourth-order valence-electron chi connectivity index (χ4n) is 3.45. The summed E-state index contributed by atoms with van der Waals surface area (Å²) in [5.74, 6) is -0.344. The highest BCUT2D eigenvalue weighted by atomic mass is 32.2. The molecular weight excluding hydrogens is 402 g/mol. The van der Waals surface area contributed by atoms with Crippen molar-refractivity contribution in [2.75, 3.05) is 18.4 Å². The predicted molar refractivity (Wildman–Crippen MR) is 116 cm³/mol. The van der Waals surface area contributed by atoms with Gasteiger partial charge in [0.25, 0.3) is 5.91 Å². The quantitative estimate of drug-likeness (QED) is 0.764. The van der Waals surface area contributed by atoms with E-state index in [1.165, 1.54) is 23.4 Å². The third kappa shape index (κ3) is 5.06. The maximum atomic E-state index is 12.9. The SMILES string of the molecule is CC(=O)Nc1ccc(S(=O)(=O)N2CCC(NC(=O)c3ccc(C)c(C)c3)CC2)cc1. The van der Waals surface area contributed by atoms with Crippen molar-refractivity contribution in [3.05, 3.63) is 59.2 Å². The molecule has 0 spiro atoms. The highest BCUT2D eigenvalue weighted by Crippen LogP contribution is 2.22. The zero-order valence-corrected chi connectivity index (χ0v) is 18.3. The molecule has 8 heteroatoms. The van der Waals surface area contributed by atoms with Crippen LogP contribution < -0.4 is 10.6 Å². The number of sulfonamides is 1. The summed E-state index contributed by atoms with van der Waals surface area (Å²) in [6.07, 6.45) is 1.11. The van der Waals surface area contributed by atoms with E-state index in [-0.39, 0.29) is 22.8 Å². The Labute approximate surface area is 177 Å². The van der Waals surface area contributed by atoms with Crippen LogP contribution in [0.1, 0.15) is 41.3 Å². The Kier molecular flexibility index (Phi) is 6.58. The van der Waals surface area contributed by atoms with Crippen LogP contribution in [0.2, 0.25) is 0 Å². The number of carbonyl (C=O) groups excluding carboxylic acids is 2. The van der Waals surface area contributed by atoms with Crippen LogP contribution in [0, 0.1) is 13.8 Å². The first-order valence-electron chi connectivity index (χ1n) is 9.93. The molecule has 0 saturated carbocycles. The van der Waals surface area contributed by atoms with E-state index in [4.69, 9.17) is 0 Å². The Bertz CT molecular complexity index is 1040. The molecule has 0 unspecified atom stereocenters. The lowest BCUT2D eigenvalue weighted by atomic mass is 10.0. The molecule has 1 aliphatic rings. The van der Waals surface area contributed by atoms with Crippen molar-refractivity contribution < 1.29 is 18.0 Å². The third-order valence-corrected chi connectivity index (χ3v) is 7.28. The number of amides is 2. The molecule has 1 saturated heterocycles. The molecule has 30 heavy (non-hydrogen) atoms. The summed E-state index contributed by atoms with van der Waals surface area (Å²) in [6.45, 7) is 6.05. The average molecular weight is 430 g/mol. The van der Waals surface area contributed by atoms with Crippen molar-refractivity contribution in [1.29, 1.82) is 0 Å². The van der Waals surface area contributed by atoms with Gasteiger partial charge in [0, 0.05) is 37.3 Å². The second-order valence-corrected chi connectivity index (χ2v) is 9.59. The zero-order valence-electron chi connectivity index (χ0n) is 17.4. The van der Waals surface area contributed by atoms with Gasteiger partial charge in [0.15, 0.2) is 0 Å². The number of rotatable bonds is 5. The minimum Gasteiger partial charge on any atom is -0.349 e. The summed E-state index contributed by atoms with van der Waals surface area (Å²) in [6, 6.07) is 11.7. The highest BCUT2D eigenvalue weighted by Gasteiger charge is 2.30. The number of nitrogens with one attached hydrogen (secondary N) is 2. The standard InChI is InChI=1S/C22H27N3O4S/c1-15-4-5-18(14-16(15)2)22(27)24-20-10-12-25(13-11-20)30(28,29)21-8-6-19(7-9-21)23-17(3)26/h4-9,14,20H,10-13H2,1-3H3,(H,23,26)(H,24,27). The second-order valence-electron chi connectivity index (χ2n) is 7.66. The lowest BCUT2D eigenvalue weighted by molar-refractivity contribution is -0.114.